The lowest BCUT2D eigenvalue weighted by molar-refractivity contribution is -0.116. The largest absolute Gasteiger partial charge is 0.300 e. The number of aromatic nitrogens is 2. The van der Waals surface area contributed by atoms with E-state index in [0.29, 0.717) is 6.42 Å². The smallest absolute Gasteiger partial charge is 0.134 e. The molecule has 0 radical (unpaired) electrons. The van der Waals surface area contributed by atoms with E-state index in [9.17, 15) is 4.79 Å². The van der Waals surface area contributed by atoms with Gasteiger partial charge in [0.05, 0.1) is 11.4 Å². The molecule has 3 heteroatoms. The summed E-state index contributed by atoms with van der Waals surface area (Å²) in [4.78, 5) is 11.1. The van der Waals surface area contributed by atoms with Crippen LogP contribution >= 0.6 is 0 Å². The summed E-state index contributed by atoms with van der Waals surface area (Å²) in [5.74, 6) is 0.163. The first kappa shape index (κ1) is 10.6. The summed E-state index contributed by atoms with van der Waals surface area (Å²) in [6, 6.07) is 9.89. The van der Waals surface area contributed by atoms with Crippen LogP contribution in [0, 0.1) is 6.92 Å². The number of benzene rings is 1. The van der Waals surface area contributed by atoms with Crippen LogP contribution in [-0.2, 0) is 11.2 Å². The Balaban J connectivity index is 2.34. The van der Waals surface area contributed by atoms with Gasteiger partial charge in [-0.15, -0.1) is 0 Å². The van der Waals surface area contributed by atoms with Crippen molar-refractivity contribution in [1.82, 2.24) is 9.78 Å². The van der Waals surface area contributed by atoms with Crippen molar-refractivity contribution in [1.29, 1.82) is 0 Å². The number of aryl methyl sites for hydroxylation is 1. The number of nitrogens with zero attached hydrogens (tertiary/aromatic N) is 2. The number of hydrogen-bond donors (Lipinski definition) is 0. The van der Waals surface area contributed by atoms with Crippen LogP contribution in [0.2, 0.25) is 0 Å². The van der Waals surface area contributed by atoms with E-state index in [-0.39, 0.29) is 5.78 Å². The zero-order valence-electron chi connectivity index (χ0n) is 9.47. The zero-order chi connectivity index (χ0) is 11.5. The number of ketones is 1. The molecule has 0 aliphatic carbocycles. The van der Waals surface area contributed by atoms with E-state index in [1.165, 1.54) is 0 Å². The number of carbonyl (C=O) groups excluding carboxylic acids is 1. The standard InChI is InChI=1S/C13H14N2O/c1-10(16)8-12-9-15(14-11(12)2)13-6-4-3-5-7-13/h3-7,9H,8H2,1-2H3. The number of Topliss-reactive ketones (excluding diaryl/α,β-unsaturated/α-hetero) is 1. The lowest BCUT2D eigenvalue weighted by Crippen LogP contribution is -1.96. The Morgan fingerprint density at radius 2 is 2.00 bits per heavy atom. The normalized spacial score (nSPS) is 10.4. The summed E-state index contributed by atoms with van der Waals surface area (Å²) in [6.07, 6.45) is 2.38. The molecule has 0 saturated heterocycles. The van der Waals surface area contributed by atoms with Crippen LogP contribution in [0.1, 0.15) is 18.2 Å². The van der Waals surface area contributed by atoms with E-state index < -0.39 is 0 Å². The van der Waals surface area contributed by atoms with Crippen LogP contribution < -0.4 is 0 Å². The van der Waals surface area contributed by atoms with E-state index in [1.807, 2.05) is 48.1 Å². The molecule has 0 saturated carbocycles. The molecular formula is C13H14N2O. The third-order valence-corrected chi connectivity index (χ3v) is 2.46. The quantitative estimate of drug-likeness (QED) is 0.785. The van der Waals surface area contributed by atoms with Gasteiger partial charge in [-0.2, -0.15) is 5.10 Å². The number of carbonyl (C=O) groups is 1. The number of rotatable bonds is 3. The molecule has 2 aromatic rings. The Morgan fingerprint density at radius 3 is 2.62 bits per heavy atom. The summed E-state index contributed by atoms with van der Waals surface area (Å²) >= 11 is 0. The van der Waals surface area contributed by atoms with Crippen LogP contribution in [0.3, 0.4) is 0 Å². The Morgan fingerprint density at radius 1 is 1.31 bits per heavy atom. The first-order valence-electron chi connectivity index (χ1n) is 5.27. The average Bonchev–Trinajstić information content (AvgIpc) is 2.61. The van der Waals surface area contributed by atoms with E-state index in [4.69, 9.17) is 0 Å². The van der Waals surface area contributed by atoms with Crippen molar-refractivity contribution in [2.24, 2.45) is 0 Å². The first-order valence-corrected chi connectivity index (χ1v) is 5.27. The third-order valence-electron chi connectivity index (χ3n) is 2.46. The fraction of sp³-hybridized carbons (Fsp3) is 0.231. The van der Waals surface area contributed by atoms with Gasteiger partial charge in [-0.25, -0.2) is 4.68 Å². The van der Waals surface area contributed by atoms with Gasteiger partial charge in [0.1, 0.15) is 5.78 Å². The van der Waals surface area contributed by atoms with Crippen molar-refractivity contribution in [3.8, 4) is 5.69 Å². The fourth-order valence-corrected chi connectivity index (χ4v) is 1.65. The Hall–Kier alpha value is -1.90. The van der Waals surface area contributed by atoms with Crippen molar-refractivity contribution in [2.45, 2.75) is 20.3 Å². The summed E-state index contributed by atoms with van der Waals surface area (Å²) in [6.45, 7) is 3.52. The highest BCUT2D eigenvalue weighted by Gasteiger charge is 2.07. The topological polar surface area (TPSA) is 34.9 Å². The average molecular weight is 214 g/mol. The second-order valence-corrected chi connectivity index (χ2v) is 3.90. The maximum atomic E-state index is 11.1. The summed E-state index contributed by atoms with van der Waals surface area (Å²) in [7, 11) is 0. The molecule has 0 amide bonds. The van der Waals surface area contributed by atoms with Crippen LogP contribution in [0.5, 0.6) is 0 Å². The second kappa shape index (κ2) is 4.31. The van der Waals surface area contributed by atoms with Crippen molar-refractivity contribution in [3.63, 3.8) is 0 Å². The van der Waals surface area contributed by atoms with Gasteiger partial charge in [0.2, 0.25) is 0 Å². The molecule has 0 unspecified atom stereocenters. The summed E-state index contributed by atoms with van der Waals surface area (Å²) in [5.41, 5.74) is 2.93. The Bertz CT molecular complexity index is 500. The molecule has 2 rings (SSSR count). The molecule has 1 aromatic carbocycles. The fourth-order valence-electron chi connectivity index (χ4n) is 1.65. The summed E-state index contributed by atoms with van der Waals surface area (Å²) in [5, 5.41) is 4.40. The van der Waals surface area contributed by atoms with Gasteiger partial charge >= 0.3 is 0 Å². The molecule has 82 valence electrons. The number of hydrogen-bond acceptors (Lipinski definition) is 2. The van der Waals surface area contributed by atoms with Crippen LogP contribution in [0.4, 0.5) is 0 Å². The van der Waals surface area contributed by atoms with Crippen LogP contribution in [0.25, 0.3) is 5.69 Å². The van der Waals surface area contributed by atoms with Crippen LogP contribution in [0.15, 0.2) is 36.5 Å². The van der Waals surface area contributed by atoms with Gasteiger partial charge in [0.25, 0.3) is 0 Å². The molecule has 3 nitrogen and oxygen atoms in total. The minimum Gasteiger partial charge on any atom is -0.300 e. The van der Waals surface area contributed by atoms with Gasteiger partial charge in [0.15, 0.2) is 0 Å². The zero-order valence-corrected chi connectivity index (χ0v) is 9.47. The predicted molar refractivity (Wildman–Crippen MR) is 62.7 cm³/mol. The highest BCUT2D eigenvalue weighted by atomic mass is 16.1. The maximum Gasteiger partial charge on any atom is 0.134 e. The highest BCUT2D eigenvalue weighted by molar-refractivity contribution is 5.78. The molecule has 0 aliphatic heterocycles. The molecule has 16 heavy (non-hydrogen) atoms. The van der Waals surface area contributed by atoms with Gasteiger partial charge in [0, 0.05) is 18.2 Å². The van der Waals surface area contributed by atoms with Gasteiger partial charge in [-0.3, -0.25) is 4.79 Å². The molecular weight excluding hydrogens is 200 g/mol. The monoisotopic (exact) mass is 214 g/mol. The van der Waals surface area contributed by atoms with Crippen molar-refractivity contribution in [3.05, 3.63) is 47.8 Å². The lowest BCUT2D eigenvalue weighted by atomic mass is 10.1. The van der Waals surface area contributed by atoms with E-state index in [0.717, 1.165) is 16.9 Å². The lowest BCUT2D eigenvalue weighted by Gasteiger charge is -1.98. The Labute approximate surface area is 94.7 Å². The molecule has 0 spiro atoms. The minimum absolute atomic E-state index is 0.163. The Kier molecular flexibility index (Phi) is 2.86. The molecule has 0 bridgehead atoms. The molecule has 1 heterocycles. The molecule has 1 aromatic heterocycles. The molecule has 0 N–H and O–H groups in total. The third kappa shape index (κ3) is 2.19. The molecule has 0 fully saturated rings. The highest BCUT2D eigenvalue weighted by Crippen LogP contribution is 2.12. The minimum atomic E-state index is 0.163. The van der Waals surface area contributed by atoms with Crippen LogP contribution in [-0.4, -0.2) is 15.6 Å². The summed E-state index contributed by atoms with van der Waals surface area (Å²) < 4.78 is 1.81. The van der Waals surface area contributed by atoms with E-state index >= 15 is 0 Å². The molecule has 0 aliphatic rings. The SMILES string of the molecule is CC(=O)Cc1cn(-c2ccccc2)nc1C. The van der Waals surface area contributed by atoms with Gasteiger partial charge in [-0.05, 0) is 26.0 Å². The first-order chi connectivity index (χ1) is 7.66. The second-order valence-electron chi connectivity index (χ2n) is 3.90. The van der Waals surface area contributed by atoms with E-state index in [1.54, 1.807) is 6.92 Å². The number of para-hydroxylation sites is 1. The maximum absolute atomic E-state index is 11.1. The van der Waals surface area contributed by atoms with Gasteiger partial charge in [-0.1, -0.05) is 18.2 Å². The predicted octanol–water partition coefficient (Wildman–Crippen LogP) is 2.31. The van der Waals surface area contributed by atoms with Crippen molar-refractivity contribution >= 4 is 5.78 Å². The van der Waals surface area contributed by atoms with Crippen molar-refractivity contribution < 1.29 is 4.79 Å². The van der Waals surface area contributed by atoms with Gasteiger partial charge < -0.3 is 0 Å². The van der Waals surface area contributed by atoms with E-state index in [2.05, 4.69) is 5.10 Å². The molecule has 0 atom stereocenters. The van der Waals surface area contributed by atoms with Crippen molar-refractivity contribution in [2.75, 3.05) is 0 Å².